The average molecular weight is 535 g/mol. The monoisotopic (exact) mass is 534 g/mol. The van der Waals surface area contributed by atoms with E-state index in [1.807, 2.05) is 42.7 Å². The molecule has 4 aromatic rings. The van der Waals surface area contributed by atoms with Crippen molar-refractivity contribution in [3.05, 3.63) is 116 Å². The quantitative estimate of drug-likeness (QED) is 0.301. The molecule has 0 fully saturated rings. The molecule has 3 aromatic heterocycles. The van der Waals surface area contributed by atoms with Crippen molar-refractivity contribution in [3.8, 4) is 11.4 Å². The maximum Gasteiger partial charge on any atom is 0.261 e. The molecule has 1 amide bonds. The van der Waals surface area contributed by atoms with E-state index in [9.17, 15) is 9.59 Å². The molecule has 0 saturated carbocycles. The maximum atomic E-state index is 12.4. The predicted octanol–water partition coefficient (Wildman–Crippen LogP) is 3.67. The molecular formula is C26H23ClN6O3S. The van der Waals surface area contributed by atoms with Gasteiger partial charge < -0.3 is 15.5 Å². The number of nitrogens with zero attached hydrogens (tertiary/aromatic N) is 3. The van der Waals surface area contributed by atoms with Crippen molar-refractivity contribution in [1.82, 2.24) is 25.8 Å². The Balaban J connectivity index is 1.34. The van der Waals surface area contributed by atoms with E-state index in [4.69, 9.17) is 16.3 Å². The summed E-state index contributed by atoms with van der Waals surface area (Å²) in [5, 5.41) is 4.63. The number of amides is 1. The molecule has 1 aliphatic heterocycles. The Labute approximate surface area is 221 Å². The molecular weight excluding hydrogens is 512 g/mol. The van der Waals surface area contributed by atoms with E-state index in [1.165, 1.54) is 17.4 Å². The summed E-state index contributed by atoms with van der Waals surface area (Å²) in [5.74, 6) is 0.385. The van der Waals surface area contributed by atoms with Crippen LogP contribution in [0.3, 0.4) is 0 Å². The Morgan fingerprint density at radius 3 is 2.84 bits per heavy atom. The Hall–Kier alpha value is -4.12. The van der Waals surface area contributed by atoms with Crippen molar-refractivity contribution in [2.75, 3.05) is 18.2 Å². The molecule has 3 N–H and O–H groups in total. The summed E-state index contributed by atoms with van der Waals surface area (Å²) in [7, 11) is 0. The van der Waals surface area contributed by atoms with Crippen molar-refractivity contribution < 1.29 is 9.53 Å². The number of aromatic nitrogens is 2. The zero-order valence-electron chi connectivity index (χ0n) is 19.6. The standard InChI is InChI=1S/C26H23ClN6O3S/c27-24-9-8-23(37-24)26(35)29-16-19-17-33(31-30-19)21-7-6-20(32-12-2-1-5-25(32)34)14-22(21)36-13-10-18-4-3-11-28-15-18/h1-9,11-12,14-15,17,30-31H,10,13,16H2,(H,29,35). The van der Waals surface area contributed by atoms with Crippen LogP contribution in [0, 0.1) is 0 Å². The highest BCUT2D eigenvalue weighted by Gasteiger charge is 2.19. The zero-order valence-corrected chi connectivity index (χ0v) is 21.1. The highest BCUT2D eigenvalue weighted by molar-refractivity contribution is 7.18. The lowest BCUT2D eigenvalue weighted by Gasteiger charge is -2.20. The van der Waals surface area contributed by atoms with Gasteiger partial charge in [-0.2, -0.15) is 0 Å². The molecule has 0 atom stereocenters. The van der Waals surface area contributed by atoms with Crippen LogP contribution in [-0.4, -0.2) is 28.6 Å². The Bertz CT molecular complexity index is 1490. The summed E-state index contributed by atoms with van der Waals surface area (Å²) < 4.78 is 8.31. The first-order valence-corrected chi connectivity index (χ1v) is 12.7. The molecule has 11 heteroatoms. The fourth-order valence-electron chi connectivity index (χ4n) is 3.70. The SMILES string of the molecule is O=C(NCC1=CN(c2ccc(-n3ccccc3=O)cc2OCCc2cccnc2)NN1)c1ccc(Cl)s1. The van der Waals surface area contributed by atoms with E-state index >= 15 is 0 Å². The molecule has 5 rings (SSSR count). The van der Waals surface area contributed by atoms with Crippen LogP contribution in [0.4, 0.5) is 5.69 Å². The first-order valence-electron chi connectivity index (χ1n) is 11.5. The number of carbonyl (C=O) groups excluding carboxylic acids is 1. The number of hydrogen-bond donors (Lipinski definition) is 3. The number of thiophene rings is 1. The number of ether oxygens (including phenoxy) is 1. The van der Waals surface area contributed by atoms with Gasteiger partial charge in [0.05, 0.1) is 33.7 Å². The van der Waals surface area contributed by atoms with Gasteiger partial charge in [0.25, 0.3) is 11.5 Å². The van der Waals surface area contributed by atoms with Crippen LogP contribution in [0.25, 0.3) is 5.69 Å². The van der Waals surface area contributed by atoms with Crippen LogP contribution < -0.4 is 31.6 Å². The molecule has 0 bridgehead atoms. The van der Waals surface area contributed by atoms with Crippen molar-refractivity contribution in [2.45, 2.75) is 6.42 Å². The van der Waals surface area contributed by atoms with E-state index < -0.39 is 0 Å². The fraction of sp³-hybridized carbons (Fsp3) is 0.115. The summed E-state index contributed by atoms with van der Waals surface area (Å²) in [5.41, 5.74) is 9.23. The third kappa shape index (κ3) is 6.00. The topological polar surface area (TPSA) is 101 Å². The second-order valence-corrected chi connectivity index (χ2v) is 9.78. The molecule has 1 aliphatic rings. The molecule has 37 heavy (non-hydrogen) atoms. The van der Waals surface area contributed by atoms with Gasteiger partial charge in [0.15, 0.2) is 0 Å². The summed E-state index contributed by atoms with van der Waals surface area (Å²) >= 11 is 7.15. The van der Waals surface area contributed by atoms with Gasteiger partial charge in [-0.25, -0.2) is 0 Å². The number of nitrogens with one attached hydrogen (secondary N) is 3. The average Bonchev–Trinajstić information content (AvgIpc) is 3.57. The van der Waals surface area contributed by atoms with Crippen molar-refractivity contribution in [2.24, 2.45) is 0 Å². The van der Waals surface area contributed by atoms with Crippen LogP contribution >= 0.6 is 22.9 Å². The van der Waals surface area contributed by atoms with Crippen LogP contribution in [-0.2, 0) is 6.42 Å². The zero-order chi connectivity index (χ0) is 25.6. The van der Waals surface area contributed by atoms with Crippen LogP contribution in [0.5, 0.6) is 5.75 Å². The predicted molar refractivity (Wildman–Crippen MR) is 144 cm³/mol. The first-order chi connectivity index (χ1) is 18.1. The van der Waals surface area contributed by atoms with Crippen LogP contribution in [0.15, 0.2) is 95.9 Å². The highest BCUT2D eigenvalue weighted by Crippen LogP contribution is 2.31. The minimum Gasteiger partial charge on any atom is -0.491 e. The van der Waals surface area contributed by atoms with E-state index in [1.54, 1.807) is 46.2 Å². The number of carbonyl (C=O) groups is 1. The van der Waals surface area contributed by atoms with Crippen molar-refractivity contribution in [3.63, 3.8) is 0 Å². The highest BCUT2D eigenvalue weighted by atomic mass is 35.5. The summed E-state index contributed by atoms with van der Waals surface area (Å²) in [6.45, 7) is 0.704. The Morgan fingerprint density at radius 2 is 2.05 bits per heavy atom. The van der Waals surface area contributed by atoms with E-state index in [-0.39, 0.29) is 18.0 Å². The van der Waals surface area contributed by atoms with Gasteiger partial charge in [0, 0.05) is 43.3 Å². The fourth-order valence-corrected chi connectivity index (χ4v) is 4.66. The Kier molecular flexibility index (Phi) is 7.50. The number of rotatable bonds is 9. The number of hydrazine groups is 2. The molecule has 1 aromatic carbocycles. The molecule has 0 unspecified atom stereocenters. The molecule has 9 nitrogen and oxygen atoms in total. The normalized spacial score (nSPS) is 12.7. The summed E-state index contributed by atoms with van der Waals surface area (Å²) in [4.78, 5) is 29.4. The number of halogens is 1. The minimum absolute atomic E-state index is 0.137. The van der Waals surface area contributed by atoms with Gasteiger partial charge in [0.2, 0.25) is 0 Å². The number of pyridine rings is 2. The molecule has 0 saturated heterocycles. The van der Waals surface area contributed by atoms with Gasteiger partial charge >= 0.3 is 0 Å². The molecule has 188 valence electrons. The largest absolute Gasteiger partial charge is 0.491 e. The van der Waals surface area contributed by atoms with Crippen LogP contribution in [0.2, 0.25) is 4.34 Å². The minimum atomic E-state index is -0.199. The van der Waals surface area contributed by atoms with Gasteiger partial charge in [-0.1, -0.05) is 23.7 Å². The van der Waals surface area contributed by atoms with Gasteiger partial charge in [-0.05, 0) is 42.0 Å². The van der Waals surface area contributed by atoms with Crippen molar-refractivity contribution in [1.29, 1.82) is 0 Å². The molecule has 0 spiro atoms. The maximum absolute atomic E-state index is 12.4. The third-order valence-electron chi connectivity index (χ3n) is 5.53. The number of hydrogen-bond acceptors (Lipinski definition) is 8. The van der Waals surface area contributed by atoms with Gasteiger partial charge in [0.1, 0.15) is 11.4 Å². The second-order valence-electron chi connectivity index (χ2n) is 8.07. The Morgan fingerprint density at radius 1 is 1.14 bits per heavy atom. The van der Waals surface area contributed by atoms with E-state index in [0.29, 0.717) is 33.7 Å². The van der Waals surface area contributed by atoms with Gasteiger partial charge in [-0.3, -0.25) is 24.1 Å². The first kappa shape index (κ1) is 24.6. The van der Waals surface area contributed by atoms with Crippen LogP contribution in [0.1, 0.15) is 15.2 Å². The second kappa shape index (κ2) is 11.3. The summed E-state index contributed by atoms with van der Waals surface area (Å²) in [6, 6.07) is 17.8. The summed E-state index contributed by atoms with van der Waals surface area (Å²) in [6.07, 6.45) is 7.77. The molecule has 4 heterocycles. The molecule has 0 radical (unpaired) electrons. The van der Waals surface area contributed by atoms with Gasteiger partial charge in [-0.15, -0.1) is 16.9 Å². The lowest BCUT2D eigenvalue weighted by atomic mass is 10.2. The van der Waals surface area contributed by atoms with Crippen molar-refractivity contribution >= 4 is 34.5 Å². The number of anilines is 1. The lowest BCUT2D eigenvalue weighted by molar-refractivity contribution is 0.0960. The van der Waals surface area contributed by atoms with E-state index in [2.05, 4.69) is 21.3 Å². The lowest BCUT2D eigenvalue weighted by Crippen LogP contribution is -2.38. The van der Waals surface area contributed by atoms with E-state index in [0.717, 1.165) is 16.9 Å². The number of benzene rings is 1. The molecule has 0 aliphatic carbocycles. The third-order valence-corrected chi connectivity index (χ3v) is 6.76. The smallest absolute Gasteiger partial charge is 0.261 e.